The van der Waals surface area contributed by atoms with Crippen molar-refractivity contribution in [1.82, 2.24) is 20.0 Å². The molecule has 5 nitrogen and oxygen atoms in total. The van der Waals surface area contributed by atoms with Gasteiger partial charge in [-0.05, 0) is 28.0 Å². The molecule has 0 aliphatic rings. The molecule has 0 atom stereocenters. The number of rotatable bonds is 6. The normalized spacial score (nSPS) is 12.6. The Kier molecular flexibility index (Phi) is 5.81. The van der Waals surface area contributed by atoms with E-state index < -0.39 is 19.8 Å². The summed E-state index contributed by atoms with van der Waals surface area (Å²) >= 11 is 3.29. The number of ether oxygens (including phenoxy) is 1. The number of hydrogen-bond acceptors (Lipinski definition) is 4. The summed E-state index contributed by atoms with van der Waals surface area (Å²) in [7, 11) is -1.19. The maximum absolute atomic E-state index is 13.1. The summed E-state index contributed by atoms with van der Waals surface area (Å²) in [5.41, 5.74) is -0.814. The molecule has 2 rings (SSSR count). The third kappa shape index (κ3) is 5.12. The van der Waals surface area contributed by atoms with Gasteiger partial charge < -0.3 is 4.74 Å². The van der Waals surface area contributed by atoms with E-state index in [0.29, 0.717) is 17.4 Å². The van der Waals surface area contributed by atoms with Crippen LogP contribution in [0.4, 0.5) is 13.2 Å². The van der Waals surface area contributed by atoms with Crippen LogP contribution in [-0.4, -0.2) is 34.7 Å². The topological polar surface area (TPSA) is 52.8 Å². The zero-order valence-corrected chi connectivity index (χ0v) is 16.1. The van der Waals surface area contributed by atoms with E-state index in [4.69, 9.17) is 4.74 Å². The highest BCUT2D eigenvalue weighted by molar-refractivity contribution is 9.10. The van der Waals surface area contributed by atoms with Gasteiger partial charge in [0.15, 0.2) is 0 Å². The summed E-state index contributed by atoms with van der Waals surface area (Å²) < 4.78 is 46.8. The fraction of sp³-hybridized carbons (Fsp3) is 0.500. The lowest BCUT2D eigenvalue weighted by Crippen LogP contribution is -2.22. The second-order valence-corrected chi connectivity index (χ2v) is 12.9. The van der Waals surface area contributed by atoms with Gasteiger partial charge in [-0.2, -0.15) is 28.5 Å². The Balaban J connectivity index is 2.15. The first-order valence-electron chi connectivity index (χ1n) is 7.27. The number of alkyl halides is 3. The van der Waals surface area contributed by atoms with Gasteiger partial charge in [0.05, 0.1) is 23.7 Å². The average Bonchev–Trinajstić information content (AvgIpc) is 2.83. The van der Waals surface area contributed by atoms with Crippen LogP contribution in [0.5, 0.6) is 0 Å². The summed E-state index contributed by atoms with van der Waals surface area (Å²) in [4.78, 5) is 0. The molecule has 0 bridgehead atoms. The summed E-state index contributed by atoms with van der Waals surface area (Å²) in [6.07, 6.45) is -2.75. The Bertz CT molecular complexity index is 700. The molecule has 2 heterocycles. The van der Waals surface area contributed by atoms with Crippen molar-refractivity contribution < 1.29 is 17.9 Å². The third-order valence-electron chi connectivity index (χ3n) is 3.25. The van der Waals surface area contributed by atoms with Crippen molar-refractivity contribution in [3.63, 3.8) is 0 Å². The minimum Gasteiger partial charge on any atom is -0.359 e. The predicted octanol–water partition coefficient (Wildman–Crippen LogP) is 4.43. The number of halogens is 4. The second kappa shape index (κ2) is 7.32. The molecule has 0 aliphatic heterocycles. The van der Waals surface area contributed by atoms with Crippen LogP contribution in [0.1, 0.15) is 5.56 Å². The van der Waals surface area contributed by atoms with Crippen molar-refractivity contribution in [2.75, 3.05) is 6.61 Å². The van der Waals surface area contributed by atoms with Crippen LogP contribution >= 0.6 is 15.9 Å². The number of aromatic nitrogens is 4. The summed E-state index contributed by atoms with van der Waals surface area (Å²) in [6, 6.07) is 2.51. The maximum Gasteiger partial charge on any atom is 0.418 e. The fourth-order valence-electron chi connectivity index (χ4n) is 1.90. The molecule has 2 aromatic heterocycles. The predicted molar refractivity (Wildman–Crippen MR) is 90.1 cm³/mol. The maximum atomic E-state index is 13.1. The van der Waals surface area contributed by atoms with Crippen molar-refractivity contribution >= 4 is 24.0 Å². The zero-order valence-electron chi connectivity index (χ0n) is 13.6. The lowest BCUT2D eigenvalue weighted by Gasteiger charge is -2.15. The standard InChI is InChI=1S/C14H18BrF3N4OSi/c1-24(2,3)5-4-23-9-22-13(15)6-12(21-22)10-7-19-20-8-11(10)14(16,17)18/h6-8H,4-5,9H2,1-3H3. The van der Waals surface area contributed by atoms with E-state index in [2.05, 4.69) is 50.9 Å². The highest BCUT2D eigenvalue weighted by Crippen LogP contribution is 2.36. The Morgan fingerprint density at radius 1 is 1.21 bits per heavy atom. The monoisotopic (exact) mass is 422 g/mol. The molecule has 0 unspecified atom stereocenters. The molecule has 0 aromatic carbocycles. The number of nitrogens with zero attached hydrogens (tertiary/aromatic N) is 4. The van der Waals surface area contributed by atoms with Crippen LogP contribution in [0.2, 0.25) is 25.7 Å². The fourth-order valence-corrected chi connectivity index (χ4v) is 3.05. The van der Waals surface area contributed by atoms with Crippen molar-refractivity contribution in [2.24, 2.45) is 0 Å². The van der Waals surface area contributed by atoms with Crippen molar-refractivity contribution in [1.29, 1.82) is 0 Å². The minimum atomic E-state index is -4.52. The molecule has 132 valence electrons. The van der Waals surface area contributed by atoms with Crippen LogP contribution in [0.15, 0.2) is 23.1 Å². The Morgan fingerprint density at radius 2 is 1.88 bits per heavy atom. The van der Waals surface area contributed by atoms with E-state index >= 15 is 0 Å². The summed E-state index contributed by atoms with van der Waals surface area (Å²) in [5, 5.41) is 11.0. The van der Waals surface area contributed by atoms with Crippen molar-refractivity contribution in [3.8, 4) is 11.3 Å². The molecule has 0 saturated heterocycles. The lowest BCUT2D eigenvalue weighted by molar-refractivity contribution is -0.137. The highest BCUT2D eigenvalue weighted by atomic mass is 79.9. The van der Waals surface area contributed by atoms with Gasteiger partial charge in [-0.25, -0.2) is 4.68 Å². The zero-order chi connectivity index (χ0) is 18.0. The third-order valence-corrected chi connectivity index (χ3v) is 5.60. The smallest absolute Gasteiger partial charge is 0.359 e. The van der Waals surface area contributed by atoms with E-state index in [1.165, 1.54) is 10.7 Å². The Morgan fingerprint density at radius 3 is 2.50 bits per heavy atom. The first-order valence-corrected chi connectivity index (χ1v) is 11.8. The van der Waals surface area contributed by atoms with E-state index in [9.17, 15) is 13.2 Å². The molecule has 0 radical (unpaired) electrons. The van der Waals surface area contributed by atoms with Gasteiger partial charge in [0.2, 0.25) is 0 Å². The van der Waals surface area contributed by atoms with Gasteiger partial charge in [0.1, 0.15) is 11.3 Å². The lowest BCUT2D eigenvalue weighted by atomic mass is 10.1. The summed E-state index contributed by atoms with van der Waals surface area (Å²) in [6.45, 7) is 7.50. The molecular formula is C14H18BrF3N4OSi. The van der Waals surface area contributed by atoms with Crippen LogP contribution in [0, 0.1) is 0 Å². The van der Waals surface area contributed by atoms with E-state index in [1.807, 2.05) is 0 Å². The molecule has 0 aliphatic carbocycles. The largest absolute Gasteiger partial charge is 0.418 e. The van der Waals surface area contributed by atoms with Crippen LogP contribution in [-0.2, 0) is 17.6 Å². The molecule has 24 heavy (non-hydrogen) atoms. The van der Waals surface area contributed by atoms with E-state index in [0.717, 1.165) is 12.2 Å². The first-order chi connectivity index (χ1) is 11.1. The molecule has 10 heteroatoms. The number of hydrogen-bond donors (Lipinski definition) is 0. The summed E-state index contributed by atoms with van der Waals surface area (Å²) in [5.74, 6) is 0. The van der Waals surface area contributed by atoms with Gasteiger partial charge in [-0.15, -0.1) is 0 Å². The average molecular weight is 423 g/mol. The molecule has 0 spiro atoms. The van der Waals surface area contributed by atoms with Crippen molar-refractivity contribution in [3.05, 3.63) is 28.6 Å². The van der Waals surface area contributed by atoms with E-state index in [-0.39, 0.29) is 18.0 Å². The van der Waals surface area contributed by atoms with Gasteiger partial charge in [-0.3, -0.25) is 0 Å². The first kappa shape index (κ1) is 19.1. The van der Waals surface area contributed by atoms with Gasteiger partial charge in [-0.1, -0.05) is 19.6 Å². The van der Waals surface area contributed by atoms with E-state index in [1.54, 1.807) is 0 Å². The quantitative estimate of drug-likeness (QED) is 0.510. The minimum absolute atomic E-state index is 0.112. The highest BCUT2D eigenvalue weighted by Gasteiger charge is 2.35. The van der Waals surface area contributed by atoms with Gasteiger partial charge in [0, 0.05) is 20.2 Å². The van der Waals surface area contributed by atoms with Crippen LogP contribution in [0.25, 0.3) is 11.3 Å². The molecule has 0 saturated carbocycles. The second-order valence-electron chi connectivity index (χ2n) is 6.51. The Labute approximate surface area is 147 Å². The molecular weight excluding hydrogens is 405 g/mol. The van der Waals surface area contributed by atoms with Crippen LogP contribution in [0.3, 0.4) is 0 Å². The van der Waals surface area contributed by atoms with Gasteiger partial charge in [0.25, 0.3) is 0 Å². The molecule has 2 aromatic rings. The van der Waals surface area contributed by atoms with Crippen molar-refractivity contribution in [2.45, 2.75) is 38.6 Å². The SMILES string of the molecule is C[Si](C)(C)CCOCn1nc(-c2cnncc2C(F)(F)F)cc1Br. The Hall–Kier alpha value is -1.26. The molecule has 0 fully saturated rings. The molecule has 0 N–H and O–H groups in total. The van der Waals surface area contributed by atoms with Gasteiger partial charge >= 0.3 is 6.18 Å². The van der Waals surface area contributed by atoms with Crippen LogP contribution < -0.4 is 0 Å². The molecule has 0 amide bonds.